The number of nitrogens with zero attached hydrogens (tertiary/aromatic N) is 1. The van der Waals surface area contributed by atoms with Crippen LogP contribution < -0.4 is 19.6 Å². The van der Waals surface area contributed by atoms with Crippen LogP contribution in [0.3, 0.4) is 0 Å². The summed E-state index contributed by atoms with van der Waals surface area (Å²) >= 11 is 0. The van der Waals surface area contributed by atoms with Crippen molar-refractivity contribution in [3.8, 4) is 17.2 Å². The Morgan fingerprint density at radius 1 is 1.00 bits per heavy atom. The van der Waals surface area contributed by atoms with Gasteiger partial charge in [-0.2, -0.15) is 5.10 Å². The van der Waals surface area contributed by atoms with Gasteiger partial charge in [0.2, 0.25) is 5.75 Å². The molecule has 0 unspecified atom stereocenters. The number of nitrogens with one attached hydrogen (secondary N) is 1. The summed E-state index contributed by atoms with van der Waals surface area (Å²) in [5.74, 6) is 1.83. The molecule has 24 heavy (non-hydrogen) atoms. The molecule has 2 aromatic rings. The van der Waals surface area contributed by atoms with E-state index in [0.29, 0.717) is 23.9 Å². The van der Waals surface area contributed by atoms with Gasteiger partial charge in [-0.05, 0) is 56.2 Å². The number of methoxy groups -OCH3 is 2. The number of hydrogen-bond acceptors (Lipinski definition) is 5. The van der Waals surface area contributed by atoms with E-state index in [0.717, 1.165) is 11.3 Å². The van der Waals surface area contributed by atoms with Gasteiger partial charge in [0.1, 0.15) is 0 Å². The normalized spacial score (nSPS) is 10.7. The molecule has 2 aromatic carbocycles. The smallest absolute Gasteiger partial charge is 0.203 e. The van der Waals surface area contributed by atoms with Crippen molar-refractivity contribution in [2.45, 2.75) is 20.8 Å². The molecule has 0 heterocycles. The van der Waals surface area contributed by atoms with Gasteiger partial charge >= 0.3 is 0 Å². The standard InChI is InChI=1S/C19H24N2O3/c1-6-24-19-17(22-4)10-15(11-18(19)23-5)12-20-21-16-8-7-13(2)14(3)9-16/h7-12,21H,6H2,1-5H3/b20-12+. The molecule has 128 valence electrons. The van der Waals surface area contributed by atoms with E-state index in [1.807, 2.05) is 25.1 Å². The van der Waals surface area contributed by atoms with Crippen molar-refractivity contribution in [2.75, 3.05) is 26.3 Å². The first-order chi connectivity index (χ1) is 11.6. The Bertz CT molecular complexity index is 702. The molecule has 0 aliphatic rings. The highest BCUT2D eigenvalue weighted by Gasteiger charge is 2.13. The third-order valence-corrected chi connectivity index (χ3v) is 3.69. The molecule has 0 atom stereocenters. The second-order valence-electron chi connectivity index (χ2n) is 5.36. The van der Waals surface area contributed by atoms with Crippen LogP contribution in [0.2, 0.25) is 0 Å². The van der Waals surface area contributed by atoms with Gasteiger partial charge in [-0.3, -0.25) is 5.43 Å². The SMILES string of the molecule is CCOc1c(OC)cc(/C=N/Nc2ccc(C)c(C)c2)cc1OC. The molecule has 0 aliphatic heterocycles. The van der Waals surface area contributed by atoms with Crippen LogP contribution in [0.1, 0.15) is 23.6 Å². The molecular weight excluding hydrogens is 304 g/mol. The summed E-state index contributed by atoms with van der Waals surface area (Å²) in [6, 6.07) is 9.85. The highest BCUT2D eigenvalue weighted by atomic mass is 16.5. The van der Waals surface area contributed by atoms with Gasteiger partial charge in [-0.1, -0.05) is 6.07 Å². The number of hydrazone groups is 1. The molecule has 0 aromatic heterocycles. The van der Waals surface area contributed by atoms with Gasteiger partial charge in [0.05, 0.1) is 32.7 Å². The topological polar surface area (TPSA) is 52.1 Å². The maximum Gasteiger partial charge on any atom is 0.203 e. The Labute approximate surface area is 143 Å². The summed E-state index contributed by atoms with van der Waals surface area (Å²) in [5, 5.41) is 4.28. The fourth-order valence-electron chi connectivity index (χ4n) is 2.25. The summed E-state index contributed by atoms with van der Waals surface area (Å²) in [6.07, 6.45) is 1.72. The Kier molecular flexibility index (Phi) is 6.07. The van der Waals surface area contributed by atoms with Crippen LogP contribution in [0.4, 0.5) is 5.69 Å². The Balaban J connectivity index is 2.20. The van der Waals surface area contributed by atoms with E-state index >= 15 is 0 Å². The lowest BCUT2D eigenvalue weighted by Crippen LogP contribution is -2.00. The molecule has 0 fully saturated rings. The molecule has 0 aliphatic carbocycles. The lowest BCUT2D eigenvalue weighted by molar-refractivity contribution is 0.288. The minimum absolute atomic E-state index is 0.536. The minimum atomic E-state index is 0.536. The van der Waals surface area contributed by atoms with E-state index in [-0.39, 0.29) is 0 Å². The van der Waals surface area contributed by atoms with Crippen LogP contribution in [-0.4, -0.2) is 27.0 Å². The molecule has 0 saturated carbocycles. The summed E-state index contributed by atoms with van der Waals surface area (Å²) in [4.78, 5) is 0. The van der Waals surface area contributed by atoms with E-state index < -0.39 is 0 Å². The van der Waals surface area contributed by atoms with Crippen molar-refractivity contribution < 1.29 is 14.2 Å². The zero-order valence-corrected chi connectivity index (χ0v) is 14.8. The van der Waals surface area contributed by atoms with Gasteiger partial charge in [0.15, 0.2) is 11.5 Å². The summed E-state index contributed by atoms with van der Waals surface area (Å²) < 4.78 is 16.4. The zero-order chi connectivity index (χ0) is 17.5. The molecule has 2 rings (SSSR count). The zero-order valence-electron chi connectivity index (χ0n) is 14.8. The van der Waals surface area contributed by atoms with Crippen molar-refractivity contribution in [1.29, 1.82) is 0 Å². The van der Waals surface area contributed by atoms with E-state index in [4.69, 9.17) is 14.2 Å². The second kappa shape index (κ2) is 8.24. The second-order valence-corrected chi connectivity index (χ2v) is 5.36. The average Bonchev–Trinajstić information content (AvgIpc) is 2.59. The van der Waals surface area contributed by atoms with Crippen LogP contribution >= 0.6 is 0 Å². The highest BCUT2D eigenvalue weighted by Crippen LogP contribution is 2.38. The molecule has 0 saturated heterocycles. The Morgan fingerprint density at radius 3 is 2.21 bits per heavy atom. The van der Waals surface area contributed by atoms with Crippen molar-refractivity contribution in [3.05, 3.63) is 47.0 Å². The number of rotatable bonds is 7. The number of anilines is 1. The van der Waals surface area contributed by atoms with Crippen LogP contribution in [0, 0.1) is 13.8 Å². The molecule has 5 nitrogen and oxygen atoms in total. The Hall–Kier alpha value is -2.69. The number of ether oxygens (including phenoxy) is 3. The van der Waals surface area contributed by atoms with Gasteiger partial charge in [-0.15, -0.1) is 0 Å². The van der Waals surface area contributed by atoms with Crippen LogP contribution in [0.25, 0.3) is 0 Å². The number of benzene rings is 2. The first kappa shape index (κ1) is 17.7. The molecule has 0 bridgehead atoms. The largest absolute Gasteiger partial charge is 0.493 e. The molecule has 0 amide bonds. The van der Waals surface area contributed by atoms with E-state index in [9.17, 15) is 0 Å². The maximum atomic E-state index is 5.59. The van der Waals surface area contributed by atoms with Crippen molar-refractivity contribution in [1.82, 2.24) is 0 Å². The average molecular weight is 328 g/mol. The predicted octanol–water partition coefficient (Wildman–Crippen LogP) is 4.17. The fraction of sp³-hybridized carbons (Fsp3) is 0.316. The van der Waals surface area contributed by atoms with Crippen molar-refractivity contribution >= 4 is 11.9 Å². The molecule has 0 radical (unpaired) electrons. The summed E-state index contributed by atoms with van der Waals surface area (Å²) in [6.45, 7) is 6.61. The molecule has 5 heteroatoms. The monoisotopic (exact) mass is 328 g/mol. The summed E-state index contributed by atoms with van der Waals surface area (Å²) in [5.41, 5.74) is 7.30. The summed E-state index contributed by atoms with van der Waals surface area (Å²) in [7, 11) is 3.21. The predicted molar refractivity (Wildman–Crippen MR) is 97.8 cm³/mol. The quantitative estimate of drug-likeness (QED) is 0.612. The van der Waals surface area contributed by atoms with Gasteiger partial charge < -0.3 is 14.2 Å². The van der Waals surface area contributed by atoms with Crippen LogP contribution in [0.15, 0.2) is 35.4 Å². The van der Waals surface area contributed by atoms with Crippen LogP contribution in [-0.2, 0) is 0 Å². The minimum Gasteiger partial charge on any atom is -0.493 e. The lowest BCUT2D eigenvalue weighted by Gasteiger charge is -2.14. The molecule has 0 spiro atoms. The number of hydrogen-bond donors (Lipinski definition) is 1. The first-order valence-electron chi connectivity index (χ1n) is 7.84. The third kappa shape index (κ3) is 4.19. The molecular formula is C19H24N2O3. The fourth-order valence-corrected chi connectivity index (χ4v) is 2.25. The van der Waals surface area contributed by atoms with Crippen LogP contribution in [0.5, 0.6) is 17.2 Å². The van der Waals surface area contributed by atoms with Gasteiger partial charge in [-0.25, -0.2) is 0 Å². The highest BCUT2D eigenvalue weighted by molar-refractivity contribution is 5.83. The van der Waals surface area contributed by atoms with E-state index in [1.54, 1.807) is 20.4 Å². The lowest BCUT2D eigenvalue weighted by atomic mass is 10.1. The molecule has 1 N–H and O–H groups in total. The van der Waals surface area contributed by atoms with Crippen molar-refractivity contribution in [3.63, 3.8) is 0 Å². The Morgan fingerprint density at radius 2 is 1.67 bits per heavy atom. The van der Waals surface area contributed by atoms with Crippen molar-refractivity contribution in [2.24, 2.45) is 5.10 Å². The van der Waals surface area contributed by atoms with Gasteiger partial charge in [0.25, 0.3) is 0 Å². The number of aryl methyl sites for hydroxylation is 2. The first-order valence-corrected chi connectivity index (χ1v) is 7.84. The maximum absolute atomic E-state index is 5.59. The van der Waals surface area contributed by atoms with Gasteiger partial charge in [0, 0.05) is 5.56 Å². The van der Waals surface area contributed by atoms with E-state index in [2.05, 4.69) is 36.5 Å². The third-order valence-electron chi connectivity index (χ3n) is 3.69. The van der Waals surface area contributed by atoms with E-state index in [1.165, 1.54) is 11.1 Å².